The number of amides is 1. The molecule has 0 aliphatic heterocycles. The molecule has 0 saturated carbocycles. The van der Waals surface area contributed by atoms with E-state index in [0.717, 1.165) is 12.1 Å². The average molecular weight is 281 g/mol. The number of carbonyl (C=O) groups excluding carboxylic acids is 1. The van der Waals surface area contributed by atoms with Gasteiger partial charge in [0.25, 0.3) is 0 Å². The lowest BCUT2D eigenvalue weighted by atomic mass is 10.1. The molecule has 1 heterocycles. The predicted octanol–water partition coefficient (Wildman–Crippen LogP) is 3.46. The molecular weight excluding hydrogens is 271 g/mol. The van der Waals surface area contributed by atoms with Gasteiger partial charge in [-0.2, -0.15) is 13.2 Å². The molecule has 20 heavy (non-hydrogen) atoms. The Morgan fingerprint density at radius 2 is 1.85 bits per heavy atom. The van der Waals surface area contributed by atoms with Crippen LogP contribution in [0.15, 0.2) is 46.9 Å². The summed E-state index contributed by atoms with van der Waals surface area (Å²) in [5, 5.41) is 0. The molecule has 1 aromatic heterocycles. The largest absolute Gasteiger partial charge is 0.457 e. The van der Waals surface area contributed by atoms with Crippen molar-refractivity contribution < 1.29 is 22.4 Å². The van der Waals surface area contributed by atoms with Crippen LogP contribution in [0.25, 0.3) is 17.4 Å². The maximum Gasteiger partial charge on any atom is 0.417 e. The Kier molecular flexibility index (Phi) is 3.65. The van der Waals surface area contributed by atoms with E-state index in [4.69, 9.17) is 10.2 Å². The number of hydrogen-bond acceptors (Lipinski definition) is 2. The first-order valence-electron chi connectivity index (χ1n) is 5.62. The van der Waals surface area contributed by atoms with Crippen LogP contribution in [-0.2, 0) is 11.0 Å². The first-order valence-corrected chi connectivity index (χ1v) is 5.62. The molecule has 3 nitrogen and oxygen atoms in total. The highest BCUT2D eigenvalue weighted by atomic mass is 19.4. The monoisotopic (exact) mass is 281 g/mol. The third-order valence-corrected chi connectivity index (χ3v) is 2.54. The Labute approximate surface area is 112 Å². The Morgan fingerprint density at radius 3 is 2.50 bits per heavy atom. The highest BCUT2D eigenvalue weighted by Gasteiger charge is 2.33. The molecule has 0 fully saturated rings. The summed E-state index contributed by atoms with van der Waals surface area (Å²) in [5.41, 5.74) is 4.09. The van der Waals surface area contributed by atoms with E-state index in [-0.39, 0.29) is 17.1 Å². The summed E-state index contributed by atoms with van der Waals surface area (Å²) in [5.74, 6) is -0.350. The Hall–Kier alpha value is -2.50. The van der Waals surface area contributed by atoms with Gasteiger partial charge in [-0.15, -0.1) is 0 Å². The van der Waals surface area contributed by atoms with Crippen molar-refractivity contribution in [1.29, 1.82) is 0 Å². The second-order valence-electron chi connectivity index (χ2n) is 3.98. The summed E-state index contributed by atoms with van der Waals surface area (Å²) in [6.45, 7) is 0. The molecule has 0 atom stereocenters. The van der Waals surface area contributed by atoms with Crippen LogP contribution in [-0.4, -0.2) is 5.91 Å². The van der Waals surface area contributed by atoms with Crippen molar-refractivity contribution in [3.05, 3.63) is 53.8 Å². The van der Waals surface area contributed by atoms with Gasteiger partial charge in [0, 0.05) is 11.6 Å². The highest BCUT2D eigenvalue weighted by molar-refractivity contribution is 5.89. The lowest BCUT2D eigenvalue weighted by Crippen LogP contribution is -2.06. The number of rotatable bonds is 3. The quantitative estimate of drug-likeness (QED) is 0.876. The van der Waals surface area contributed by atoms with Crippen molar-refractivity contribution in [3.63, 3.8) is 0 Å². The summed E-state index contributed by atoms with van der Waals surface area (Å²) in [4.78, 5) is 10.6. The maximum atomic E-state index is 12.9. The number of carbonyl (C=O) groups is 1. The Balaban J connectivity index is 2.41. The second kappa shape index (κ2) is 5.24. The van der Waals surface area contributed by atoms with Gasteiger partial charge in [0.1, 0.15) is 11.5 Å². The second-order valence-corrected chi connectivity index (χ2v) is 3.98. The number of furan rings is 1. The van der Waals surface area contributed by atoms with Crippen LogP contribution >= 0.6 is 0 Å². The van der Waals surface area contributed by atoms with E-state index >= 15 is 0 Å². The molecule has 0 aliphatic carbocycles. The Morgan fingerprint density at radius 1 is 1.15 bits per heavy atom. The lowest BCUT2D eigenvalue weighted by Gasteiger charge is -2.10. The molecule has 0 bridgehead atoms. The number of benzene rings is 1. The molecule has 2 N–H and O–H groups in total. The van der Waals surface area contributed by atoms with E-state index in [1.165, 1.54) is 36.4 Å². The molecule has 0 saturated heterocycles. The summed E-state index contributed by atoms with van der Waals surface area (Å²) < 4.78 is 43.9. The molecule has 1 aromatic carbocycles. The van der Waals surface area contributed by atoms with Gasteiger partial charge in [0.05, 0.1) is 5.56 Å². The number of alkyl halides is 3. The van der Waals surface area contributed by atoms with Crippen molar-refractivity contribution in [1.82, 2.24) is 0 Å². The first kappa shape index (κ1) is 13.9. The topological polar surface area (TPSA) is 56.2 Å². The van der Waals surface area contributed by atoms with E-state index in [2.05, 4.69) is 0 Å². The zero-order valence-corrected chi connectivity index (χ0v) is 10.1. The van der Waals surface area contributed by atoms with Crippen LogP contribution in [0.4, 0.5) is 13.2 Å². The zero-order chi connectivity index (χ0) is 14.8. The van der Waals surface area contributed by atoms with Gasteiger partial charge in [-0.3, -0.25) is 4.79 Å². The van der Waals surface area contributed by atoms with E-state index in [0.29, 0.717) is 0 Å². The van der Waals surface area contributed by atoms with Gasteiger partial charge in [-0.25, -0.2) is 0 Å². The van der Waals surface area contributed by atoms with Crippen LogP contribution < -0.4 is 5.73 Å². The van der Waals surface area contributed by atoms with Gasteiger partial charge in [-0.05, 0) is 24.3 Å². The van der Waals surface area contributed by atoms with E-state index in [9.17, 15) is 18.0 Å². The summed E-state index contributed by atoms with van der Waals surface area (Å²) in [6, 6.07) is 7.97. The van der Waals surface area contributed by atoms with Crippen LogP contribution in [0.5, 0.6) is 0 Å². The van der Waals surface area contributed by atoms with Crippen LogP contribution in [0, 0.1) is 0 Å². The van der Waals surface area contributed by atoms with Crippen LogP contribution in [0.2, 0.25) is 0 Å². The minimum absolute atomic E-state index is 0.0567. The molecule has 2 aromatic rings. The summed E-state index contributed by atoms with van der Waals surface area (Å²) in [7, 11) is 0. The molecule has 6 heteroatoms. The molecular formula is C14H10F3NO2. The van der Waals surface area contributed by atoms with Gasteiger partial charge in [0.15, 0.2) is 0 Å². The van der Waals surface area contributed by atoms with Crippen LogP contribution in [0.1, 0.15) is 11.3 Å². The third-order valence-electron chi connectivity index (χ3n) is 2.54. The minimum atomic E-state index is -4.47. The van der Waals surface area contributed by atoms with Crippen molar-refractivity contribution in [2.24, 2.45) is 5.73 Å². The van der Waals surface area contributed by atoms with Crippen molar-refractivity contribution in [2.45, 2.75) is 6.18 Å². The average Bonchev–Trinajstić information content (AvgIpc) is 2.84. The van der Waals surface area contributed by atoms with Crippen molar-refractivity contribution in [3.8, 4) is 11.3 Å². The highest BCUT2D eigenvalue weighted by Crippen LogP contribution is 2.37. The number of primary amides is 1. The number of nitrogens with two attached hydrogens (primary N) is 1. The van der Waals surface area contributed by atoms with E-state index in [1.54, 1.807) is 0 Å². The first-order chi connectivity index (χ1) is 9.38. The lowest BCUT2D eigenvalue weighted by molar-refractivity contribution is -0.137. The molecule has 104 valence electrons. The minimum Gasteiger partial charge on any atom is -0.457 e. The summed E-state index contributed by atoms with van der Waals surface area (Å²) >= 11 is 0. The molecule has 2 rings (SSSR count). The normalized spacial score (nSPS) is 11.9. The fourth-order valence-electron chi connectivity index (χ4n) is 1.70. The molecule has 0 spiro atoms. The number of hydrogen-bond donors (Lipinski definition) is 1. The fraction of sp³-hybridized carbons (Fsp3) is 0.0714. The SMILES string of the molecule is NC(=O)/C=C\c1ccc(-c2ccccc2C(F)(F)F)o1. The maximum absolute atomic E-state index is 12.9. The van der Waals surface area contributed by atoms with Crippen LogP contribution in [0.3, 0.4) is 0 Å². The summed E-state index contributed by atoms with van der Waals surface area (Å²) in [6.07, 6.45) is -2.10. The molecule has 0 radical (unpaired) electrons. The van der Waals surface area contributed by atoms with Gasteiger partial charge < -0.3 is 10.2 Å². The molecule has 1 amide bonds. The third kappa shape index (κ3) is 3.09. The smallest absolute Gasteiger partial charge is 0.417 e. The molecule has 0 aliphatic rings. The van der Waals surface area contributed by atoms with Gasteiger partial charge >= 0.3 is 6.18 Å². The van der Waals surface area contributed by atoms with Crippen molar-refractivity contribution in [2.75, 3.05) is 0 Å². The fourth-order valence-corrected chi connectivity index (χ4v) is 1.70. The predicted molar refractivity (Wildman–Crippen MR) is 67.4 cm³/mol. The molecule has 0 unspecified atom stereocenters. The van der Waals surface area contributed by atoms with E-state index < -0.39 is 17.6 Å². The van der Waals surface area contributed by atoms with Gasteiger partial charge in [-0.1, -0.05) is 18.2 Å². The van der Waals surface area contributed by atoms with Crippen molar-refractivity contribution >= 4 is 12.0 Å². The standard InChI is InChI=1S/C14H10F3NO2/c15-14(16,17)11-4-2-1-3-10(11)12-7-5-9(20-12)6-8-13(18)19/h1-8H,(H2,18,19)/b8-6-. The van der Waals surface area contributed by atoms with E-state index in [1.807, 2.05) is 0 Å². The van der Waals surface area contributed by atoms with Gasteiger partial charge in [0.2, 0.25) is 5.91 Å². The Bertz CT molecular complexity index is 656. The number of halogens is 3. The zero-order valence-electron chi connectivity index (χ0n) is 10.1.